The van der Waals surface area contributed by atoms with Gasteiger partial charge in [-0.05, 0) is 4.57 Å². The van der Waals surface area contributed by atoms with Crippen LogP contribution < -0.4 is 0 Å². The summed E-state index contributed by atoms with van der Waals surface area (Å²) in [4.78, 5) is 7.96. The lowest BCUT2D eigenvalue weighted by Gasteiger charge is -1.79. The molecule has 2 nitrogen and oxygen atoms in total. The van der Waals surface area contributed by atoms with Gasteiger partial charge in [0.15, 0.2) is 0 Å². The molecule has 0 heterocycles. The van der Waals surface area contributed by atoms with Crippen molar-refractivity contribution in [3.63, 3.8) is 0 Å². The summed E-state index contributed by atoms with van der Waals surface area (Å²) in [6, 6.07) is 0. The number of halogens is 1. The molecule has 0 amide bonds. The summed E-state index contributed by atoms with van der Waals surface area (Å²) < 4.78 is 21.4. The minimum absolute atomic E-state index is 0.117. The van der Waals surface area contributed by atoms with Gasteiger partial charge in [0, 0.05) is 6.42 Å². The minimum Gasteiger partial charge on any atom is -0.187 e. The van der Waals surface area contributed by atoms with E-state index in [9.17, 15) is 8.96 Å². The van der Waals surface area contributed by atoms with E-state index in [4.69, 9.17) is 4.89 Å². The van der Waals surface area contributed by atoms with Crippen LogP contribution in [0.15, 0.2) is 0 Å². The quantitative estimate of drug-likeness (QED) is 0.566. The normalized spacial score (nSPS) is 16.1. The number of hydrogen-bond donors (Lipinski definition) is 1. The summed E-state index contributed by atoms with van der Waals surface area (Å²) >= 11 is 0. The molecule has 2 unspecified atom stereocenters. The average Bonchev–Trinajstić information content (AvgIpc) is 1.65. The minimum atomic E-state index is -2.58. The van der Waals surface area contributed by atoms with Crippen LogP contribution in [0.2, 0.25) is 0 Å². The molecule has 0 aromatic rings. The summed E-state index contributed by atoms with van der Waals surface area (Å²) in [7, 11) is -2.58. The Morgan fingerprint density at radius 1 is 2.00 bits per heavy atom. The van der Waals surface area contributed by atoms with Gasteiger partial charge in [-0.2, -0.15) is 9.28 Å². The lowest BCUT2D eigenvalue weighted by molar-refractivity contribution is 0.379. The van der Waals surface area contributed by atoms with Gasteiger partial charge in [-0.3, -0.25) is 0 Å². The molecule has 0 rings (SSSR count). The first-order chi connectivity index (χ1) is 3.18. The molecule has 0 bridgehead atoms. The Labute approximate surface area is 42.2 Å². The van der Waals surface area contributed by atoms with Gasteiger partial charge in [0.2, 0.25) is 0 Å². The summed E-state index contributed by atoms with van der Waals surface area (Å²) in [5.74, 6) is -1.53. The van der Waals surface area contributed by atoms with Crippen LogP contribution in [0.4, 0.5) is 4.39 Å². The van der Waals surface area contributed by atoms with E-state index in [0.717, 1.165) is 0 Å². The number of alkyl halides is 1. The fourth-order valence-corrected chi connectivity index (χ4v) is 0.469. The van der Waals surface area contributed by atoms with Gasteiger partial charge in [0.05, 0.1) is 0 Å². The summed E-state index contributed by atoms with van der Waals surface area (Å²) in [6.45, 7) is 1.52. The van der Waals surface area contributed by atoms with E-state index in [0.29, 0.717) is 0 Å². The van der Waals surface area contributed by atoms with E-state index >= 15 is 0 Å². The Bertz CT molecular complexity index is 75.3. The van der Waals surface area contributed by atoms with E-state index in [2.05, 4.69) is 0 Å². The smallest absolute Gasteiger partial charge is 0.187 e. The van der Waals surface area contributed by atoms with Crippen molar-refractivity contribution in [2.24, 2.45) is 0 Å². The van der Waals surface area contributed by atoms with Crippen molar-refractivity contribution in [1.82, 2.24) is 0 Å². The maximum Gasteiger partial charge on any atom is 0.542 e. The molecule has 1 N–H and O–H groups in total. The van der Waals surface area contributed by atoms with Crippen LogP contribution in [0.3, 0.4) is 0 Å². The Hall–Kier alpha value is -0.0100. The van der Waals surface area contributed by atoms with E-state index in [1.165, 1.54) is 6.92 Å². The monoisotopic (exact) mass is 125 g/mol. The highest BCUT2D eigenvalue weighted by Crippen LogP contribution is 2.25. The SMILES string of the molecule is CCC(F)[P+](=O)O. The van der Waals surface area contributed by atoms with Crippen molar-refractivity contribution in [2.75, 3.05) is 0 Å². The summed E-state index contributed by atoms with van der Waals surface area (Å²) in [5.41, 5.74) is 0. The van der Waals surface area contributed by atoms with Crippen LogP contribution in [0.25, 0.3) is 0 Å². The molecule has 0 saturated heterocycles. The predicted molar refractivity (Wildman–Crippen MR) is 25.0 cm³/mol. The van der Waals surface area contributed by atoms with Gasteiger partial charge >= 0.3 is 13.9 Å². The highest BCUT2D eigenvalue weighted by atomic mass is 31.1. The highest BCUT2D eigenvalue weighted by molar-refractivity contribution is 7.38. The van der Waals surface area contributed by atoms with Crippen LogP contribution in [0, 0.1) is 0 Å². The summed E-state index contributed by atoms with van der Waals surface area (Å²) in [6.07, 6.45) is 0.117. The lowest BCUT2D eigenvalue weighted by Crippen LogP contribution is -1.86. The average molecular weight is 125 g/mol. The molecule has 0 aromatic heterocycles. The Morgan fingerprint density at radius 2 is 2.43 bits per heavy atom. The van der Waals surface area contributed by atoms with Crippen molar-refractivity contribution in [3.8, 4) is 0 Å². The topological polar surface area (TPSA) is 37.3 Å². The third-order valence-electron chi connectivity index (χ3n) is 0.577. The second-order valence-corrected chi connectivity index (χ2v) is 2.31. The molecule has 0 saturated carbocycles. The maximum absolute atomic E-state index is 11.7. The van der Waals surface area contributed by atoms with Gasteiger partial charge in [-0.1, -0.05) is 6.92 Å². The van der Waals surface area contributed by atoms with Gasteiger partial charge < -0.3 is 0 Å². The molecule has 7 heavy (non-hydrogen) atoms. The van der Waals surface area contributed by atoms with Crippen molar-refractivity contribution >= 4 is 8.03 Å². The molecule has 0 aliphatic rings. The zero-order chi connectivity index (χ0) is 5.86. The van der Waals surface area contributed by atoms with E-state index < -0.39 is 13.9 Å². The second kappa shape index (κ2) is 3.05. The summed E-state index contributed by atoms with van der Waals surface area (Å²) in [5, 5.41) is 0. The zero-order valence-electron chi connectivity index (χ0n) is 3.97. The van der Waals surface area contributed by atoms with Crippen LogP contribution in [-0.2, 0) is 4.57 Å². The fraction of sp³-hybridized carbons (Fsp3) is 1.00. The third kappa shape index (κ3) is 2.66. The molecule has 0 aliphatic carbocycles. The molecule has 0 fully saturated rings. The van der Waals surface area contributed by atoms with E-state index in [-0.39, 0.29) is 6.42 Å². The van der Waals surface area contributed by atoms with Crippen molar-refractivity contribution in [2.45, 2.75) is 19.3 Å². The second-order valence-electron chi connectivity index (χ2n) is 1.15. The molecule has 42 valence electrons. The van der Waals surface area contributed by atoms with Gasteiger partial charge in [0.1, 0.15) is 0 Å². The fourth-order valence-electron chi connectivity index (χ4n) is 0.156. The molecule has 0 aliphatic heterocycles. The van der Waals surface area contributed by atoms with Crippen LogP contribution in [0.5, 0.6) is 0 Å². The predicted octanol–water partition coefficient (Wildman–Crippen LogP) is 1.43. The number of rotatable bonds is 2. The van der Waals surface area contributed by atoms with Gasteiger partial charge in [-0.25, -0.2) is 0 Å². The highest BCUT2D eigenvalue weighted by Gasteiger charge is 2.24. The number of hydrogen-bond acceptors (Lipinski definition) is 1. The molecule has 2 atom stereocenters. The lowest BCUT2D eigenvalue weighted by atomic mass is 10.6. The van der Waals surface area contributed by atoms with Crippen molar-refractivity contribution < 1.29 is 13.8 Å². The Balaban J connectivity index is 3.34. The van der Waals surface area contributed by atoms with Crippen LogP contribution >= 0.6 is 8.03 Å². The van der Waals surface area contributed by atoms with Crippen molar-refractivity contribution in [1.29, 1.82) is 0 Å². The van der Waals surface area contributed by atoms with E-state index in [1.807, 2.05) is 0 Å². The Kier molecular flexibility index (Phi) is 3.05. The first kappa shape index (κ1) is 6.99. The Morgan fingerprint density at radius 3 is 2.43 bits per heavy atom. The molecule has 0 aromatic carbocycles. The van der Waals surface area contributed by atoms with Crippen LogP contribution in [-0.4, -0.2) is 10.8 Å². The van der Waals surface area contributed by atoms with Crippen molar-refractivity contribution in [3.05, 3.63) is 0 Å². The molecule has 0 radical (unpaired) electrons. The zero-order valence-corrected chi connectivity index (χ0v) is 4.86. The first-order valence-corrected chi connectivity index (χ1v) is 3.26. The third-order valence-corrected chi connectivity index (χ3v) is 1.42. The van der Waals surface area contributed by atoms with Gasteiger partial charge in [0.25, 0.3) is 0 Å². The van der Waals surface area contributed by atoms with E-state index in [1.54, 1.807) is 0 Å². The molecule has 4 heteroatoms. The van der Waals surface area contributed by atoms with Crippen LogP contribution in [0.1, 0.15) is 13.3 Å². The maximum atomic E-state index is 11.7. The molecule has 0 spiro atoms. The molecular formula is C3H7FO2P+. The largest absolute Gasteiger partial charge is 0.542 e. The first-order valence-electron chi connectivity index (χ1n) is 1.97. The standard InChI is InChI=1S/C3H6FO2P/c1-2-3(4)7(5)6/h3H,2H2,1H3/p+1. The van der Waals surface area contributed by atoms with Gasteiger partial charge in [-0.15, -0.1) is 0 Å². The molecular weight excluding hydrogens is 118 g/mol.